The van der Waals surface area contributed by atoms with Crippen molar-refractivity contribution in [3.05, 3.63) is 23.7 Å². The fraction of sp³-hybridized carbons (Fsp3) is 0.556. The number of hydrogen-bond donors (Lipinski definition) is 2. The van der Waals surface area contributed by atoms with Crippen molar-refractivity contribution < 1.29 is 32.1 Å². The Balaban J connectivity index is 0.00000131. The van der Waals surface area contributed by atoms with E-state index in [4.69, 9.17) is 4.52 Å². The monoisotopic (exact) mass is 562 g/mol. The number of nitriles is 1. The third-order valence-electron chi connectivity index (χ3n) is 6.25. The molecule has 0 spiro atoms. The Morgan fingerprint density at radius 2 is 1.88 bits per heavy atom. The predicted octanol–water partition coefficient (Wildman–Crippen LogP) is 3.49. The van der Waals surface area contributed by atoms with E-state index >= 15 is 0 Å². The molecule has 10 nitrogen and oxygen atoms in total. The molecule has 1 fully saturated rings. The van der Waals surface area contributed by atoms with Crippen molar-refractivity contribution in [2.45, 2.75) is 66.7 Å². The van der Waals surface area contributed by atoms with E-state index < -0.39 is 53.9 Å². The van der Waals surface area contributed by atoms with E-state index in [0.717, 1.165) is 10.8 Å². The molecule has 1 aliphatic heterocycles. The van der Waals surface area contributed by atoms with Crippen molar-refractivity contribution in [1.29, 1.82) is 5.26 Å². The Kier molecular flexibility index (Phi) is 10.3. The second kappa shape index (κ2) is 12.8. The topological polar surface area (TPSA) is 141 Å². The summed E-state index contributed by atoms with van der Waals surface area (Å²) in [7, 11) is 0. The molecule has 1 saturated heterocycles. The van der Waals surface area contributed by atoms with Crippen LogP contribution in [-0.4, -0.2) is 58.1 Å². The lowest BCUT2D eigenvalue weighted by Gasteiger charge is -2.27. The molecule has 2 aromatic rings. The molecule has 13 heteroatoms. The number of carbonyl (C=O) groups is 3. The van der Waals surface area contributed by atoms with Gasteiger partial charge in [-0.2, -0.15) is 18.4 Å². The quantitative estimate of drug-likeness (QED) is 0.532. The maximum absolute atomic E-state index is 13.4. The summed E-state index contributed by atoms with van der Waals surface area (Å²) in [6, 6.07) is -0.335. The van der Waals surface area contributed by atoms with E-state index in [2.05, 4.69) is 48.1 Å². The number of aromatic nitrogens is 2. The van der Waals surface area contributed by atoms with Gasteiger partial charge in [-0.1, -0.05) is 52.6 Å². The number of fused-ring (bicyclic) bond motifs is 1. The van der Waals surface area contributed by atoms with Crippen LogP contribution in [0.5, 0.6) is 0 Å². The summed E-state index contributed by atoms with van der Waals surface area (Å²) in [6.07, 6.45) is -2.39. The zero-order valence-corrected chi connectivity index (χ0v) is 23.4. The van der Waals surface area contributed by atoms with Crippen molar-refractivity contribution in [2.24, 2.45) is 17.3 Å². The van der Waals surface area contributed by atoms with Crippen LogP contribution in [0.15, 0.2) is 16.9 Å². The molecule has 3 heterocycles. The Bertz CT molecular complexity index is 1350. The van der Waals surface area contributed by atoms with Crippen LogP contribution >= 0.6 is 0 Å². The molecule has 3 rings (SSSR count). The van der Waals surface area contributed by atoms with E-state index in [1.165, 1.54) is 17.7 Å². The first-order chi connectivity index (χ1) is 18.5. The van der Waals surface area contributed by atoms with Gasteiger partial charge in [-0.05, 0) is 30.1 Å². The number of halogens is 3. The largest absolute Gasteiger partial charge is 0.471 e. The molecular weight excluding hydrogens is 529 g/mol. The summed E-state index contributed by atoms with van der Waals surface area (Å²) >= 11 is 0. The van der Waals surface area contributed by atoms with E-state index in [-0.39, 0.29) is 23.4 Å². The molecule has 2 aromatic heterocycles. The highest BCUT2D eigenvalue weighted by atomic mass is 19.4. The minimum atomic E-state index is -5.15. The average Bonchev–Trinajstić information content (AvgIpc) is 3.37. The third-order valence-corrected chi connectivity index (χ3v) is 6.25. The summed E-state index contributed by atoms with van der Waals surface area (Å²) in [5.74, 6) is 2.05. The number of pyridine rings is 1. The molecule has 0 radical (unpaired) electrons. The number of nitrogens with one attached hydrogen (secondary N) is 2. The highest BCUT2D eigenvalue weighted by Gasteiger charge is 2.50. The van der Waals surface area contributed by atoms with Crippen molar-refractivity contribution in [3.8, 4) is 17.9 Å². The Morgan fingerprint density at radius 1 is 1.25 bits per heavy atom. The van der Waals surface area contributed by atoms with Crippen LogP contribution in [0, 0.1) is 40.4 Å². The maximum atomic E-state index is 13.4. The highest BCUT2D eigenvalue weighted by molar-refractivity contribution is 5.93. The SMILES string of the molecule is CC#Cc1noc2cncc(C(C#N)NC(=O)[C@@H]3[C@H](C)C(C)(C)CN3C(=O)CNC(=O)C(F)(F)F)c12.CC(C)C. The first kappa shape index (κ1) is 32.1. The van der Waals surface area contributed by atoms with Gasteiger partial charge >= 0.3 is 12.1 Å². The normalized spacial score (nSPS) is 18.6. The van der Waals surface area contributed by atoms with Gasteiger partial charge in [0.25, 0.3) is 0 Å². The molecular formula is C27H33F3N6O4. The van der Waals surface area contributed by atoms with Gasteiger partial charge in [-0.15, -0.1) is 0 Å². The second-order valence-corrected chi connectivity index (χ2v) is 10.7. The van der Waals surface area contributed by atoms with Crippen molar-refractivity contribution >= 4 is 28.7 Å². The summed E-state index contributed by atoms with van der Waals surface area (Å²) in [4.78, 5) is 42.4. The summed E-state index contributed by atoms with van der Waals surface area (Å²) in [5, 5.41) is 18.2. The van der Waals surface area contributed by atoms with Crippen molar-refractivity contribution in [1.82, 2.24) is 25.7 Å². The second-order valence-electron chi connectivity index (χ2n) is 10.7. The smallest absolute Gasteiger partial charge is 0.353 e. The fourth-order valence-electron chi connectivity index (χ4n) is 4.10. The summed E-state index contributed by atoms with van der Waals surface area (Å²) < 4.78 is 42.8. The summed E-state index contributed by atoms with van der Waals surface area (Å²) in [5.41, 5.74) is 0.218. The number of likely N-dealkylation sites (tertiary alicyclic amines) is 1. The standard InChI is InChI=1S/C23H23F3N6O4.C4H10/c1-5-6-14-18-13(8-28-9-16(18)36-31-14)15(7-27)30-20(34)19-12(2)22(3,4)11-32(19)17(33)10-29-21(35)23(24,25)26;1-4(2)3/h8-9,12,15,19H,10-11H2,1-4H3,(H,29,35)(H,30,34);4H,1-3H3/t12-,15?,19-;/m0./s1. The first-order valence-corrected chi connectivity index (χ1v) is 12.6. The molecule has 0 aliphatic carbocycles. The van der Waals surface area contributed by atoms with Crippen LogP contribution in [0.2, 0.25) is 0 Å². The van der Waals surface area contributed by atoms with Gasteiger partial charge in [0, 0.05) is 18.3 Å². The zero-order chi connectivity index (χ0) is 30.4. The van der Waals surface area contributed by atoms with Crippen molar-refractivity contribution in [2.75, 3.05) is 13.1 Å². The summed E-state index contributed by atoms with van der Waals surface area (Å²) in [6.45, 7) is 12.6. The Hall–Kier alpha value is -4.13. The molecule has 0 aromatic carbocycles. The third kappa shape index (κ3) is 7.50. The highest BCUT2D eigenvalue weighted by Crippen LogP contribution is 2.40. The van der Waals surface area contributed by atoms with Crippen LogP contribution < -0.4 is 10.6 Å². The van der Waals surface area contributed by atoms with E-state index in [0.29, 0.717) is 5.39 Å². The Morgan fingerprint density at radius 3 is 2.42 bits per heavy atom. The number of amides is 3. The number of nitrogens with zero attached hydrogens (tertiary/aromatic N) is 4. The zero-order valence-electron chi connectivity index (χ0n) is 23.4. The van der Waals surface area contributed by atoms with Gasteiger partial charge in [0.1, 0.15) is 12.1 Å². The van der Waals surface area contributed by atoms with Crippen LogP contribution in [0.3, 0.4) is 0 Å². The van der Waals surface area contributed by atoms with Crippen LogP contribution in [0.4, 0.5) is 13.2 Å². The number of alkyl halides is 3. The van der Waals surface area contributed by atoms with Gasteiger partial charge in [0.05, 0.1) is 24.2 Å². The minimum Gasteiger partial charge on any atom is -0.353 e. The molecule has 40 heavy (non-hydrogen) atoms. The molecule has 216 valence electrons. The van der Waals surface area contributed by atoms with Gasteiger partial charge in [0.2, 0.25) is 11.8 Å². The van der Waals surface area contributed by atoms with Gasteiger partial charge in [0.15, 0.2) is 11.3 Å². The molecule has 0 saturated carbocycles. The minimum absolute atomic E-state index is 0.0588. The van der Waals surface area contributed by atoms with Crippen LogP contribution in [0.1, 0.15) is 65.8 Å². The lowest BCUT2D eigenvalue weighted by molar-refractivity contribution is -0.174. The number of rotatable bonds is 5. The molecule has 3 atom stereocenters. The van der Waals surface area contributed by atoms with Crippen LogP contribution in [-0.2, 0) is 14.4 Å². The number of carbonyl (C=O) groups excluding carboxylic acids is 3. The Labute approximate surface area is 230 Å². The first-order valence-electron chi connectivity index (χ1n) is 12.6. The molecule has 3 amide bonds. The van der Waals surface area contributed by atoms with Crippen molar-refractivity contribution in [3.63, 3.8) is 0 Å². The average molecular weight is 563 g/mol. The predicted molar refractivity (Wildman–Crippen MR) is 139 cm³/mol. The van der Waals surface area contributed by atoms with E-state index in [9.17, 15) is 32.8 Å². The maximum Gasteiger partial charge on any atom is 0.471 e. The van der Waals surface area contributed by atoms with Crippen LogP contribution in [0.25, 0.3) is 11.0 Å². The molecule has 0 bridgehead atoms. The van der Waals surface area contributed by atoms with Gasteiger partial charge in [-0.3, -0.25) is 19.4 Å². The number of hydrogen-bond acceptors (Lipinski definition) is 7. The van der Waals surface area contributed by atoms with E-state index in [1.54, 1.807) is 27.7 Å². The molecule has 1 unspecified atom stereocenters. The van der Waals surface area contributed by atoms with Gasteiger partial charge < -0.3 is 20.1 Å². The molecule has 2 N–H and O–H groups in total. The lowest BCUT2D eigenvalue weighted by atomic mass is 9.80. The van der Waals surface area contributed by atoms with E-state index in [1.807, 2.05) is 6.07 Å². The van der Waals surface area contributed by atoms with Gasteiger partial charge in [-0.25, -0.2) is 0 Å². The molecule has 1 aliphatic rings. The lowest BCUT2D eigenvalue weighted by Crippen LogP contribution is -2.52. The fourth-order valence-corrected chi connectivity index (χ4v) is 4.10.